The number of pyridine rings is 1. The quantitative estimate of drug-likeness (QED) is 0.676. The van der Waals surface area contributed by atoms with Crippen LogP contribution in [0.4, 0.5) is 5.69 Å². The zero-order valence-corrected chi connectivity index (χ0v) is 12.2. The predicted molar refractivity (Wildman–Crippen MR) is 79.4 cm³/mol. The van der Waals surface area contributed by atoms with Gasteiger partial charge in [-0.15, -0.1) is 0 Å². The molecule has 6 heteroatoms. The summed E-state index contributed by atoms with van der Waals surface area (Å²) < 4.78 is 5.67. The second-order valence-electron chi connectivity index (χ2n) is 5.54. The Labute approximate surface area is 122 Å². The molecule has 0 saturated carbocycles. The molecule has 1 aromatic heterocycles. The molecule has 1 atom stereocenters. The van der Waals surface area contributed by atoms with Gasteiger partial charge in [0, 0.05) is 17.6 Å². The van der Waals surface area contributed by atoms with Crippen molar-refractivity contribution in [2.75, 3.05) is 6.61 Å². The monoisotopic (exact) mass is 290 g/mol. The highest BCUT2D eigenvalue weighted by atomic mass is 16.6. The molecule has 0 amide bonds. The molecule has 0 bridgehead atoms. The molecule has 0 spiro atoms. The van der Waals surface area contributed by atoms with Crippen LogP contribution in [0.1, 0.15) is 20.8 Å². The van der Waals surface area contributed by atoms with Crippen LogP contribution in [0.15, 0.2) is 30.5 Å². The third-order valence-electron chi connectivity index (χ3n) is 3.67. The molecular formula is C15H18N2O4. The van der Waals surface area contributed by atoms with E-state index in [2.05, 4.69) is 4.98 Å². The number of nitro groups is 1. The van der Waals surface area contributed by atoms with Crippen molar-refractivity contribution >= 4 is 16.6 Å². The van der Waals surface area contributed by atoms with Crippen molar-refractivity contribution < 1.29 is 14.8 Å². The molecule has 0 aliphatic rings. The first-order valence-corrected chi connectivity index (χ1v) is 6.70. The Balaban J connectivity index is 2.38. The lowest BCUT2D eigenvalue weighted by Gasteiger charge is -2.27. The molecule has 0 fully saturated rings. The second kappa shape index (κ2) is 5.65. The van der Waals surface area contributed by atoms with Crippen LogP contribution in [0.5, 0.6) is 5.75 Å². The third kappa shape index (κ3) is 3.11. The van der Waals surface area contributed by atoms with Gasteiger partial charge in [0.05, 0.1) is 10.5 Å². The average molecular weight is 290 g/mol. The summed E-state index contributed by atoms with van der Waals surface area (Å²) >= 11 is 0. The fraction of sp³-hybridized carbons (Fsp3) is 0.400. The average Bonchev–Trinajstić information content (AvgIpc) is 2.44. The van der Waals surface area contributed by atoms with Gasteiger partial charge < -0.3 is 9.84 Å². The van der Waals surface area contributed by atoms with E-state index in [0.717, 1.165) is 0 Å². The normalized spacial score (nSPS) is 14.1. The fourth-order valence-corrected chi connectivity index (χ4v) is 1.80. The second-order valence-corrected chi connectivity index (χ2v) is 5.54. The number of fused-ring (bicyclic) bond motifs is 1. The van der Waals surface area contributed by atoms with Gasteiger partial charge in [-0.1, -0.05) is 13.8 Å². The smallest absolute Gasteiger partial charge is 0.295 e. The van der Waals surface area contributed by atoms with Gasteiger partial charge in [-0.3, -0.25) is 10.1 Å². The van der Waals surface area contributed by atoms with Crippen molar-refractivity contribution in [3.8, 4) is 5.75 Å². The first-order chi connectivity index (χ1) is 9.83. The van der Waals surface area contributed by atoms with Crippen molar-refractivity contribution in [3.63, 3.8) is 0 Å². The number of rotatable bonds is 5. The Kier molecular flexibility index (Phi) is 4.09. The van der Waals surface area contributed by atoms with E-state index in [-0.39, 0.29) is 23.7 Å². The van der Waals surface area contributed by atoms with Crippen LogP contribution in [-0.4, -0.2) is 27.2 Å². The van der Waals surface area contributed by atoms with E-state index >= 15 is 0 Å². The highest BCUT2D eigenvalue weighted by Gasteiger charge is 2.26. The van der Waals surface area contributed by atoms with E-state index in [9.17, 15) is 15.2 Å². The van der Waals surface area contributed by atoms with Gasteiger partial charge in [0.1, 0.15) is 12.4 Å². The minimum absolute atomic E-state index is 0.0277. The summed E-state index contributed by atoms with van der Waals surface area (Å²) in [5.41, 5.74) is -0.756. The largest absolute Gasteiger partial charge is 0.490 e. The van der Waals surface area contributed by atoms with Crippen molar-refractivity contribution in [1.29, 1.82) is 0 Å². The van der Waals surface area contributed by atoms with Gasteiger partial charge in [0.2, 0.25) is 0 Å². The summed E-state index contributed by atoms with van der Waals surface area (Å²) in [6.45, 7) is 5.60. The van der Waals surface area contributed by atoms with E-state index < -0.39 is 10.5 Å². The lowest BCUT2D eigenvalue weighted by Crippen LogP contribution is -2.37. The van der Waals surface area contributed by atoms with Crippen LogP contribution in [0.3, 0.4) is 0 Å². The van der Waals surface area contributed by atoms with E-state index in [1.165, 1.54) is 12.3 Å². The molecule has 2 rings (SSSR count). The van der Waals surface area contributed by atoms with Crippen molar-refractivity contribution in [1.82, 2.24) is 4.98 Å². The van der Waals surface area contributed by atoms with E-state index in [0.29, 0.717) is 11.1 Å². The van der Waals surface area contributed by atoms with Crippen molar-refractivity contribution in [3.05, 3.63) is 40.6 Å². The molecule has 0 aliphatic heterocycles. The van der Waals surface area contributed by atoms with E-state index in [4.69, 9.17) is 4.74 Å². The summed E-state index contributed by atoms with van der Waals surface area (Å²) in [5, 5.41) is 21.8. The topological polar surface area (TPSA) is 85.5 Å². The third-order valence-corrected chi connectivity index (χ3v) is 3.67. The lowest BCUT2D eigenvalue weighted by molar-refractivity contribution is -0.383. The highest BCUT2D eigenvalue weighted by Crippen LogP contribution is 2.32. The Morgan fingerprint density at radius 2 is 2.14 bits per heavy atom. The van der Waals surface area contributed by atoms with Crippen molar-refractivity contribution in [2.45, 2.75) is 26.4 Å². The molecule has 1 heterocycles. The fourth-order valence-electron chi connectivity index (χ4n) is 1.80. The molecular weight excluding hydrogens is 272 g/mol. The van der Waals surface area contributed by atoms with Crippen LogP contribution in [0, 0.1) is 16.0 Å². The van der Waals surface area contributed by atoms with Gasteiger partial charge in [0.25, 0.3) is 5.69 Å². The summed E-state index contributed by atoms with van der Waals surface area (Å²) in [4.78, 5) is 14.6. The first-order valence-electron chi connectivity index (χ1n) is 6.70. The number of hydrogen-bond acceptors (Lipinski definition) is 5. The Morgan fingerprint density at radius 3 is 2.76 bits per heavy atom. The number of ether oxygens (including phenoxy) is 1. The summed E-state index contributed by atoms with van der Waals surface area (Å²) in [6.07, 6.45) is 1.50. The Bertz CT molecular complexity index is 668. The predicted octanol–water partition coefficient (Wildman–Crippen LogP) is 2.93. The summed E-state index contributed by atoms with van der Waals surface area (Å²) in [7, 11) is 0. The van der Waals surface area contributed by atoms with Crippen LogP contribution in [0.25, 0.3) is 10.9 Å². The van der Waals surface area contributed by atoms with Gasteiger partial charge in [0.15, 0.2) is 5.52 Å². The first kappa shape index (κ1) is 15.2. The standard InChI is InChI=1S/C15H18N2O4/c1-10(2)15(3,18)9-21-13-7-6-12(17(19)20)14-11(13)5-4-8-16-14/h4-8,10,18H,9H2,1-3H3. The molecule has 1 aromatic carbocycles. The molecule has 21 heavy (non-hydrogen) atoms. The summed E-state index contributed by atoms with van der Waals surface area (Å²) in [6, 6.07) is 6.32. The number of non-ortho nitro benzene ring substituents is 1. The van der Waals surface area contributed by atoms with Gasteiger partial charge in [-0.05, 0) is 31.0 Å². The molecule has 2 aromatic rings. The maximum Gasteiger partial charge on any atom is 0.295 e. The van der Waals surface area contributed by atoms with E-state index in [1.807, 2.05) is 13.8 Å². The van der Waals surface area contributed by atoms with Crippen LogP contribution < -0.4 is 4.74 Å². The number of hydrogen-bond donors (Lipinski definition) is 1. The van der Waals surface area contributed by atoms with Crippen LogP contribution >= 0.6 is 0 Å². The number of nitro benzene ring substituents is 1. The molecule has 0 saturated heterocycles. The number of nitrogens with zero attached hydrogens (tertiary/aromatic N) is 2. The van der Waals surface area contributed by atoms with Gasteiger partial charge in [-0.25, -0.2) is 4.98 Å². The molecule has 0 radical (unpaired) electrons. The highest BCUT2D eigenvalue weighted by molar-refractivity contribution is 5.91. The molecule has 112 valence electrons. The minimum atomic E-state index is -0.976. The van der Waals surface area contributed by atoms with Gasteiger partial charge in [-0.2, -0.15) is 0 Å². The molecule has 1 N–H and O–H groups in total. The lowest BCUT2D eigenvalue weighted by atomic mass is 9.94. The van der Waals surface area contributed by atoms with Crippen LogP contribution in [-0.2, 0) is 0 Å². The maximum atomic E-state index is 11.0. The van der Waals surface area contributed by atoms with Crippen molar-refractivity contribution in [2.24, 2.45) is 5.92 Å². The number of aromatic nitrogens is 1. The minimum Gasteiger partial charge on any atom is -0.490 e. The Hall–Kier alpha value is -2.21. The molecule has 1 unspecified atom stereocenters. The Morgan fingerprint density at radius 1 is 1.43 bits per heavy atom. The van der Waals surface area contributed by atoms with Crippen LogP contribution in [0.2, 0.25) is 0 Å². The maximum absolute atomic E-state index is 11.0. The molecule has 6 nitrogen and oxygen atoms in total. The van der Waals surface area contributed by atoms with E-state index in [1.54, 1.807) is 25.1 Å². The van der Waals surface area contributed by atoms with Gasteiger partial charge >= 0.3 is 0 Å². The summed E-state index contributed by atoms with van der Waals surface area (Å²) in [5.74, 6) is 0.504. The SMILES string of the molecule is CC(C)C(C)(O)COc1ccc([N+](=O)[O-])c2ncccc12. The molecule has 0 aliphatic carbocycles. The zero-order valence-electron chi connectivity index (χ0n) is 12.2. The number of benzene rings is 1. The zero-order chi connectivity index (χ0) is 15.6. The number of aliphatic hydroxyl groups is 1.